The summed E-state index contributed by atoms with van der Waals surface area (Å²) in [6.45, 7) is 5.55. The highest BCUT2D eigenvalue weighted by Crippen LogP contribution is 2.15. The molecular weight excluding hydrogens is 224 g/mol. The molecule has 0 spiro atoms. The van der Waals surface area contributed by atoms with Crippen molar-refractivity contribution < 1.29 is 4.79 Å². The van der Waals surface area contributed by atoms with Crippen molar-refractivity contribution in [3.63, 3.8) is 0 Å². The van der Waals surface area contributed by atoms with E-state index in [0.29, 0.717) is 19.0 Å². The van der Waals surface area contributed by atoms with E-state index >= 15 is 0 Å². The fraction of sp³-hybridized carbons (Fsp3) is 0.400. The summed E-state index contributed by atoms with van der Waals surface area (Å²) < 4.78 is 0. The highest BCUT2D eigenvalue weighted by atomic mass is 16.1. The van der Waals surface area contributed by atoms with Crippen LogP contribution in [0, 0.1) is 0 Å². The Kier molecular flexibility index (Phi) is 6.15. The number of amides is 1. The maximum Gasteiger partial charge on any atom is 0.243 e. The van der Waals surface area contributed by atoms with Crippen LogP contribution in [0.4, 0.5) is 0 Å². The van der Waals surface area contributed by atoms with E-state index in [1.165, 1.54) is 5.56 Å². The van der Waals surface area contributed by atoms with E-state index in [-0.39, 0.29) is 5.91 Å². The first-order valence-corrected chi connectivity index (χ1v) is 6.39. The second-order valence-corrected chi connectivity index (χ2v) is 4.59. The van der Waals surface area contributed by atoms with Gasteiger partial charge in [0, 0.05) is 12.6 Å². The Morgan fingerprint density at radius 2 is 2.00 bits per heavy atom. The number of hydrogen-bond acceptors (Lipinski definition) is 2. The second kappa shape index (κ2) is 7.67. The van der Waals surface area contributed by atoms with E-state index in [0.717, 1.165) is 12.0 Å². The minimum Gasteiger partial charge on any atom is -0.353 e. The summed E-state index contributed by atoms with van der Waals surface area (Å²) in [4.78, 5) is 11.4. The van der Waals surface area contributed by atoms with Crippen LogP contribution in [0.3, 0.4) is 0 Å². The lowest BCUT2D eigenvalue weighted by molar-refractivity contribution is -0.116. The van der Waals surface area contributed by atoms with E-state index < -0.39 is 0 Å². The molecule has 0 saturated carbocycles. The molecule has 1 amide bonds. The smallest absolute Gasteiger partial charge is 0.243 e. The maximum absolute atomic E-state index is 11.4. The van der Waals surface area contributed by atoms with Crippen LogP contribution in [0.15, 0.2) is 30.3 Å². The highest BCUT2D eigenvalue weighted by Gasteiger charge is 1.98. The minimum atomic E-state index is -0.0728. The van der Waals surface area contributed by atoms with Crippen LogP contribution in [0.2, 0.25) is 0 Å². The van der Waals surface area contributed by atoms with Crippen LogP contribution < -0.4 is 11.1 Å². The molecular formula is C15H22N2O. The summed E-state index contributed by atoms with van der Waals surface area (Å²) in [6, 6.07) is 8.24. The molecule has 0 radical (unpaired) electrons. The molecule has 0 unspecified atom stereocenters. The summed E-state index contributed by atoms with van der Waals surface area (Å²) in [6.07, 6.45) is 4.19. The van der Waals surface area contributed by atoms with Gasteiger partial charge in [-0.3, -0.25) is 4.79 Å². The number of nitrogens with two attached hydrogens (primary N) is 1. The highest BCUT2D eigenvalue weighted by molar-refractivity contribution is 5.91. The number of nitrogens with one attached hydrogen (secondary N) is 1. The van der Waals surface area contributed by atoms with E-state index in [2.05, 4.69) is 31.3 Å². The first-order valence-electron chi connectivity index (χ1n) is 6.39. The van der Waals surface area contributed by atoms with Gasteiger partial charge < -0.3 is 11.1 Å². The lowest BCUT2D eigenvalue weighted by Gasteiger charge is -2.04. The van der Waals surface area contributed by atoms with Crippen molar-refractivity contribution in [1.82, 2.24) is 5.32 Å². The zero-order valence-corrected chi connectivity index (χ0v) is 11.1. The molecule has 0 aliphatic rings. The number of carbonyl (C=O) groups excluding carboxylic acids is 1. The van der Waals surface area contributed by atoms with E-state index in [1.54, 1.807) is 6.08 Å². The van der Waals surface area contributed by atoms with Crippen LogP contribution in [0.1, 0.15) is 37.3 Å². The molecule has 0 bridgehead atoms. The Hall–Kier alpha value is -1.61. The third-order valence-corrected chi connectivity index (χ3v) is 2.71. The van der Waals surface area contributed by atoms with Gasteiger partial charge in [-0.25, -0.2) is 0 Å². The van der Waals surface area contributed by atoms with Crippen molar-refractivity contribution in [2.75, 3.05) is 13.1 Å². The van der Waals surface area contributed by atoms with E-state index in [1.807, 2.05) is 18.2 Å². The molecule has 3 N–H and O–H groups in total. The Morgan fingerprint density at radius 3 is 2.56 bits per heavy atom. The fourth-order valence-electron chi connectivity index (χ4n) is 1.54. The lowest BCUT2D eigenvalue weighted by Crippen LogP contribution is -2.23. The lowest BCUT2D eigenvalue weighted by atomic mass is 10.0. The topological polar surface area (TPSA) is 55.1 Å². The standard InChI is InChI=1S/C15H22N2O/c1-12(2)14-7-4-13(5-8-14)6-9-15(18)17-11-3-10-16/h4-9,12H,3,10-11,16H2,1-2H3,(H,17,18)/b9-6+. The molecule has 0 aliphatic heterocycles. The molecule has 18 heavy (non-hydrogen) atoms. The van der Waals surface area contributed by atoms with Gasteiger partial charge >= 0.3 is 0 Å². The van der Waals surface area contributed by atoms with E-state index in [9.17, 15) is 4.79 Å². The van der Waals surface area contributed by atoms with Gasteiger partial charge in [-0.15, -0.1) is 0 Å². The Labute approximate surface area is 109 Å². The molecule has 98 valence electrons. The summed E-state index contributed by atoms with van der Waals surface area (Å²) in [5.41, 5.74) is 7.69. The number of hydrogen-bond donors (Lipinski definition) is 2. The number of rotatable bonds is 6. The predicted molar refractivity (Wildman–Crippen MR) is 76.2 cm³/mol. The van der Waals surface area contributed by atoms with Crippen molar-refractivity contribution in [3.05, 3.63) is 41.5 Å². The first-order chi connectivity index (χ1) is 8.63. The quantitative estimate of drug-likeness (QED) is 0.597. The van der Waals surface area contributed by atoms with Crippen LogP contribution >= 0.6 is 0 Å². The number of carbonyl (C=O) groups is 1. The molecule has 0 heterocycles. The monoisotopic (exact) mass is 246 g/mol. The van der Waals surface area contributed by atoms with Gasteiger partial charge in [0.2, 0.25) is 5.91 Å². The number of benzene rings is 1. The summed E-state index contributed by atoms with van der Waals surface area (Å²) in [7, 11) is 0. The molecule has 0 atom stereocenters. The van der Waals surface area contributed by atoms with Gasteiger partial charge in [0.15, 0.2) is 0 Å². The molecule has 3 nitrogen and oxygen atoms in total. The molecule has 3 heteroatoms. The average Bonchev–Trinajstić information content (AvgIpc) is 2.37. The van der Waals surface area contributed by atoms with Gasteiger partial charge in [-0.2, -0.15) is 0 Å². The molecule has 0 aromatic heterocycles. The van der Waals surface area contributed by atoms with Crippen molar-refractivity contribution in [1.29, 1.82) is 0 Å². The second-order valence-electron chi connectivity index (χ2n) is 4.59. The summed E-state index contributed by atoms with van der Waals surface area (Å²) in [5.74, 6) is 0.457. The Balaban J connectivity index is 2.48. The largest absolute Gasteiger partial charge is 0.353 e. The SMILES string of the molecule is CC(C)c1ccc(/C=C/C(=O)NCCCN)cc1. The molecule has 1 aromatic rings. The van der Waals surface area contributed by atoms with Crippen molar-refractivity contribution in [2.45, 2.75) is 26.2 Å². The molecule has 1 rings (SSSR count). The van der Waals surface area contributed by atoms with Gasteiger partial charge in [0.1, 0.15) is 0 Å². The fourth-order valence-corrected chi connectivity index (χ4v) is 1.54. The normalized spacial score (nSPS) is 11.1. The van der Waals surface area contributed by atoms with Gasteiger partial charge in [0.25, 0.3) is 0 Å². The van der Waals surface area contributed by atoms with Gasteiger partial charge in [0.05, 0.1) is 0 Å². The average molecular weight is 246 g/mol. The zero-order chi connectivity index (χ0) is 13.4. The summed E-state index contributed by atoms with van der Waals surface area (Å²) >= 11 is 0. The van der Waals surface area contributed by atoms with Crippen LogP contribution in [-0.4, -0.2) is 19.0 Å². The Bertz CT molecular complexity index is 393. The Morgan fingerprint density at radius 1 is 1.33 bits per heavy atom. The zero-order valence-electron chi connectivity index (χ0n) is 11.1. The molecule has 0 saturated heterocycles. The third kappa shape index (κ3) is 5.15. The van der Waals surface area contributed by atoms with Gasteiger partial charge in [-0.05, 0) is 36.1 Å². The van der Waals surface area contributed by atoms with Crippen LogP contribution in [-0.2, 0) is 4.79 Å². The van der Waals surface area contributed by atoms with E-state index in [4.69, 9.17) is 5.73 Å². The molecule has 1 aromatic carbocycles. The van der Waals surface area contributed by atoms with Crippen LogP contribution in [0.5, 0.6) is 0 Å². The first kappa shape index (κ1) is 14.5. The predicted octanol–water partition coefficient (Wildman–Crippen LogP) is 2.29. The van der Waals surface area contributed by atoms with Crippen molar-refractivity contribution >= 4 is 12.0 Å². The van der Waals surface area contributed by atoms with Gasteiger partial charge in [-0.1, -0.05) is 38.1 Å². The van der Waals surface area contributed by atoms with Crippen molar-refractivity contribution in [2.24, 2.45) is 5.73 Å². The van der Waals surface area contributed by atoms with Crippen molar-refractivity contribution in [3.8, 4) is 0 Å². The molecule has 0 aliphatic carbocycles. The summed E-state index contributed by atoms with van der Waals surface area (Å²) in [5, 5.41) is 2.78. The maximum atomic E-state index is 11.4. The third-order valence-electron chi connectivity index (χ3n) is 2.71. The van der Waals surface area contributed by atoms with Crippen LogP contribution in [0.25, 0.3) is 6.08 Å². The molecule has 0 fully saturated rings. The minimum absolute atomic E-state index is 0.0728.